The van der Waals surface area contributed by atoms with Gasteiger partial charge in [0, 0.05) is 29.3 Å². The Balaban J connectivity index is 1.88. The first kappa shape index (κ1) is 16.1. The maximum atomic E-state index is 9.33. The molecular formula is C18H23BrN2. The number of nitriles is 1. The smallest absolute Gasteiger partial charge is 0.0944 e. The predicted molar refractivity (Wildman–Crippen MR) is 92.3 cm³/mol. The lowest BCUT2D eigenvalue weighted by Crippen LogP contribution is -2.18. The van der Waals surface area contributed by atoms with Gasteiger partial charge < -0.3 is 4.90 Å². The van der Waals surface area contributed by atoms with Crippen LogP contribution in [0.25, 0.3) is 0 Å². The van der Waals surface area contributed by atoms with Crippen molar-refractivity contribution in [1.82, 2.24) is 0 Å². The monoisotopic (exact) mass is 346 g/mol. The molecule has 0 atom stereocenters. The van der Waals surface area contributed by atoms with Crippen molar-refractivity contribution >= 4 is 21.6 Å². The molecule has 2 rings (SSSR count). The number of halogens is 1. The Hall–Kier alpha value is -1.27. The average molecular weight is 347 g/mol. The van der Waals surface area contributed by atoms with Gasteiger partial charge in [-0.3, -0.25) is 0 Å². The largest absolute Gasteiger partial charge is 0.374 e. The van der Waals surface area contributed by atoms with Crippen molar-refractivity contribution in [2.24, 2.45) is 5.92 Å². The first-order valence-electron chi connectivity index (χ1n) is 7.76. The Morgan fingerprint density at radius 1 is 1.29 bits per heavy atom. The molecule has 0 aromatic heterocycles. The lowest BCUT2D eigenvalue weighted by molar-refractivity contribution is 0.418. The van der Waals surface area contributed by atoms with E-state index >= 15 is 0 Å². The van der Waals surface area contributed by atoms with Gasteiger partial charge in [0.25, 0.3) is 0 Å². The molecular weight excluding hydrogens is 324 g/mol. The Kier molecular flexibility index (Phi) is 6.32. The van der Waals surface area contributed by atoms with Crippen LogP contribution in [0.5, 0.6) is 0 Å². The zero-order valence-electron chi connectivity index (χ0n) is 12.7. The van der Waals surface area contributed by atoms with E-state index < -0.39 is 0 Å². The van der Waals surface area contributed by atoms with Gasteiger partial charge in [-0.2, -0.15) is 5.26 Å². The molecule has 1 fully saturated rings. The van der Waals surface area contributed by atoms with Crippen LogP contribution in [0.15, 0.2) is 40.4 Å². The first-order valence-corrected chi connectivity index (χ1v) is 8.56. The van der Waals surface area contributed by atoms with Crippen LogP contribution in [0.3, 0.4) is 0 Å². The van der Waals surface area contributed by atoms with Crippen molar-refractivity contribution in [1.29, 1.82) is 5.26 Å². The van der Waals surface area contributed by atoms with Crippen LogP contribution < -0.4 is 4.90 Å². The maximum Gasteiger partial charge on any atom is 0.0944 e. The molecule has 0 aliphatic heterocycles. The van der Waals surface area contributed by atoms with Crippen LogP contribution in [0.4, 0.5) is 5.69 Å². The van der Waals surface area contributed by atoms with Gasteiger partial charge in [-0.15, -0.1) is 0 Å². The van der Waals surface area contributed by atoms with E-state index in [4.69, 9.17) is 0 Å². The van der Waals surface area contributed by atoms with Gasteiger partial charge >= 0.3 is 0 Å². The van der Waals surface area contributed by atoms with Crippen molar-refractivity contribution < 1.29 is 0 Å². The normalized spacial score (nSPS) is 16.5. The molecule has 0 N–H and O–H groups in total. The third kappa shape index (κ3) is 5.21. The van der Waals surface area contributed by atoms with Crippen molar-refractivity contribution in [3.63, 3.8) is 0 Å². The standard InChI is InChI=1S/C18H23BrN2/c1-21(18-9-7-17(19)8-10-18)12-11-16(14-20)13-15-5-3-2-4-6-15/h7-10,13,15H,2-6,11-12H2,1H3. The van der Waals surface area contributed by atoms with Gasteiger partial charge in [0.2, 0.25) is 0 Å². The van der Waals surface area contributed by atoms with Crippen LogP contribution in [-0.4, -0.2) is 13.6 Å². The molecule has 0 radical (unpaired) electrons. The molecule has 0 bridgehead atoms. The highest BCUT2D eigenvalue weighted by Crippen LogP contribution is 2.26. The summed E-state index contributed by atoms with van der Waals surface area (Å²) in [5.41, 5.74) is 2.14. The third-order valence-electron chi connectivity index (χ3n) is 4.21. The molecule has 1 aliphatic carbocycles. The van der Waals surface area contributed by atoms with E-state index in [1.807, 2.05) is 0 Å². The fraction of sp³-hybridized carbons (Fsp3) is 0.500. The fourth-order valence-electron chi connectivity index (χ4n) is 2.87. The van der Waals surface area contributed by atoms with Gasteiger partial charge in [0.1, 0.15) is 0 Å². The summed E-state index contributed by atoms with van der Waals surface area (Å²) in [5.74, 6) is 0.631. The number of nitrogens with zero attached hydrogens (tertiary/aromatic N) is 2. The van der Waals surface area contributed by atoms with Gasteiger partial charge in [0.15, 0.2) is 0 Å². The molecule has 1 saturated carbocycles. The van der Waals surface area contributed by atoms with E-state index in [0.29, 0.717) is 5.92 Å². The van der Waals surface area contributed by atoms with E-state index in [1.165, 1.54) is 37.8 Å². The molecule has 0 saturated heterocycles. The summed E-state index contributed by atoms with van der Waals surface area (Å²) < 4.78 is 1.09. The highest BCUT2D eigenvalue weighted by molar-refractivity contribution is 9.10. The first-order chi connectivity index (χ1) is 10.2. The van der Waals surface area contributed by atoms with Crippen LogP contribution in [0.1, 0.15) is 38.5 Å². The molecule has 112 valence electrons. The lowest BCUT2D eigenvalue weighted by Gasteiger charge is -2.21. The number of rotatable bonds is 5. The lowest BCUT2D eigenvalue weighted by atomic mass is 9.87. The molecule has 3 heteroatoms. The summed E-state index contributed by atoms with van der Waals surface area (Å²) >= 11 is 3.45. The summed E-state index contributed by atoms with van der Waals surface area (Å²) in [5, 5.41) is 9.33. The van der Waals surface area contributed by atoms with E-state index in [1.54, 1.807) is 0 Å². The summed E-state index contributed by atoms with van der Waals surface area (Å²) in [6.07, 6.45) is 9.57. The van der Waals surface area contributed by atoms with Gasteiger partial charge in [-0.25, -0.2) is 0 Å². The molecule has 1 aromatic carbocycles. The van der Waals surface area contributed by atoms with Crippen molar-refractivity contribution in [3.05, 3.63) is 40.4 Å². The number of hydrogen-bond acceptors (Lipinski definition) is 2. The Labute approximate surface area is 136 Å². The third-order valence-corrected chi connectivity index (χ3v) is 4.74. The molecule has 2 nitrogen and oxygen atoms in total. The van der Waals surface area contributed by atoms with Crippen molar-refractivity contribution in [3.8, 4) is 6.07 Å². The molecule has 0 unspecified atom stereocenters. The topological polar surface area (TPSA) is 27.0 Å². The minimum atomic E-state index is 0.631. The van der Waals surface area contributed by atoms with Crippen molar-refractivity contribution in [2.45, 2.75) is 38.5 Å². The zero-order chi connectivity index (χ0) is 15.1. The number of benzene rings is 1. The molecule has 21 heavy (non-hydrogen) atoms. The summed E-state index contributed by atoms with van der Waals surface area (Å²) in [7, 11) is 2.08. The summed E-state index contributed by atoms with van der Waals surface area (Å²) in [4.78, 5) is 2.21. The molecule has 1 aromatic rings. The van der Waals surface area contributed by atoms with Crippen LogP contribution in [0.2, 0.25) is 0 Å². The summed E-state index contributed by atoms with van der Waals surface area (Å²) in [6.45, 7) is 0.883. The van der Waals surface area contributed by atoms with E-state index in [2.05, 4.69) is 64.3 Å². The highest BCUT2D eigenvalue weighted by atomic mass is 79.9. The minimum absolute atomic E-state index is 0.631. The molecule has 0 heterocycles. The maximum absolute atomic E-state index is 9.33. The molecule has 0 amide bonds. The van der Waals surface area contributed by atoms with Crippen LogP contribution in [0, 0.1) is 17.2 Å². The average Bonchev–Trinajstić information content (AvgIpc) is 2.52. The predicted octanol–water partition coefficient (Wildman–Crippen LogP) is 5.31. The Morgan fingerprint density at radius 3 is 2.57 bits per heavy atom. The van der Waals surface area contributed by atoms with E-state index in [9.17, 15) is 5.26 Å². The number of hydrogen-bond donors (Lipinski definition) is 0. The van der Waals surface area contributed by atoms with E-state index in [0.717, 1.165) is 23.0 Å². The van der Waals surface area contributed by atoms with Gasteiger partial charge in [0.05, 0.1) is 6.07 Å². The number of allylic oxidation sites excluding steroid dienone is 1. The van der Waals surface area contributed by atoms with E-state index in [-0.39, 0.29) is 0 Å². The van der Waals surface area contributed by atoms with Crippen LogP contribution in [-0.2, 0) is 0 Å². The van der Waals surface area contributed by atoms with Crippen molar-refractivity contribution in [2.75, 3.05) is 18.5 Å². The Bertz CT molecular complexity index is 507. The number of anilines is 1. The highest BCUT2D eigenvalue weighted by Gasteiger charge is 2.12. The van der Waals surface area contributed by atoms with Gasteiger partial charge in [-0.05, 0) is 49.4 Å². The fourth-order valence-corrected chi connectivity index (χ4v) is 3.14. The zero-order valence-corrected chi connectivity index (χ0v) is 14.3. The molecule has 1 aliphatic rings. The minimum Gasteiger partial charge on any atom is -0.374 e. The summed E-state index contributed by atoms with van der Waals surface area (Å²) in [6, 6.07) is 10.7. The van der Waals surface area contributed by atoms with Gasteiger partial charge in [-0.1, -0.05) is 41.3 Å². The second kappa shape index (κ2) is 8.24. The van der Waals surface area contributed by atoms with Crippen LogP contribution >= 0.6 is 15.9 Å². The second-order valence-electron chi connectivity index (χ2n) is 5.85. The SMILES string of the molecule is CN(CCC(C#N)=CC1CCCCC1)c1ccc(Br)cc1. The quantitative estimate of drug-likeness (QED) is 0.675. The Morgan fingerprint density at radius 2 is 1.95 bits per heavy atom. The molecule has 0 spiro atoms. The second-order valence-corrected chi connectivity index (χ2v) is 6.77.